The van der Waals surface area contributed by atoms with Crippen LogP contribution in [0.1, 0.15) is 42.5 Å². The Morgan fingerprint density at radius 1 is 1.21 bits per heavy atom. The molecule has 2 atom stereocenters. The van der Waals surface area contributed by atoms with Crippen LogP contribution in [0.4, 0.5) is 8.78 Å². The van der Waals surface area contributed by atoms with Crippen LogP contribution < -0.4 is 4.74 Å². The number of rotatable bonds is 3. The van der Waals surface area contributed by atoms with Crippen LogP contribution >= 0.6 is 0 Å². The Hall–Kier alpha value is -1.69. The molecule has 0 radical (unpaired) electrons. The Morgan fingerprint density at radius 3 is 2.50 bits per heavy atom. The summed E-state index contributed by atoms with van der Waals surface area (Å²) in [6.45, 7) is 1.01. The molecule has 0 unspecified atom stereocenters. The third-order valence-corrected chi connectivity index (χ3v) is 5.47. The van der Waals surface area contributed by atoms with Gasteiger partial charge in [-0.25, -0.2) is 8.78 Å². The van der Waals surface area contributed by atoms with E-state index in [1.165, 1.54) is 7.11 Å². The summed E-state index contributed by atoms with van der Waals surface area (Å²) in [5, 5.41) is 0. The maximum Gasteiger partial charge on any atom is 0.259 e. The minimum Gasteiger partial charge on any atom is -0.497 e. The number of amides is 1. The lowest BCUT2D eigenvalue weighted by Gasteiger charge is -2.43. The smallest absolute Gasteiger partial charge is 0.259 e. The molecule has 1 aliphatic carbocycles. The largest absolute Gasteiger partial charge is 0.497 e. The van der Waals surface area contributed by atoms with Crippen molar-refractivity contribution in [2.75, 3.05) is 27.3 Å². The van der Waals surface area contributed by atoms with Crippen LogP contribution in [0.2, 0.25) is 0 Å². The maximum absolute atomic E-state index is 14.2. The molecule has 1 amide bonds. The Morgan fingerprint density at radius 2 is 1.88 bits per heavy atom. The summed E-state index contributed by atoms with van der Waals surface area (Å²) < 4.78 is 38.9. The Bertz CT molecular complexity index is 614. The molecule has 1 aliphatic heterocycles. The molecule has 2 fully saturated rings. The molecule has 1 aromatic carbocycles. The minimum absolute atomic E-state index is 0.0619. The second kappa shape index (κ2) is 6.67. The number of carbonyl (C=O) groups excluding carboxylic acids is 1. The number of ether oxygens (including phenoxy) is 2. The standard InChI is InChI=1S/C18H23F2NO3/c1-23-12-9-13(19)16(14(20)10-12)17(22)21-8-4-7-18(11-21)6-3-5-15(18)24-2/h9-10,15H,3-8,11H2,1-2H3/t15-,18+/m1/s1. The average molecular weight is 339 g/mol. The van der Waals surface area contributed by atoms with Gasteiger partial charge in [-0.3, -0.25) is 4.79 Å². The Kier molecular flexibility index (Phi) is 4.76. The summed E-state index contributed by atoms with van der Waals surface area (Å²) in [7, 11) is 3.02. The van der Waals surface area contributed by atoms with E-state index in [1.54, 1.807) is 12.0 Å². The summed E-state index contributed by atoms with van der Waals surface area (Å²) in [6.07, 6.45) is 4.95. The van der Waals surface area contributed by atoms with Crippen LogP contribution in [0, 0.1) is 17.0 Å². The van der Waals surface area contributed by atoms with Gasteiger partial charge in [-0.1, -0.05) is 6.42 Å². The van der Waals surface area contributed by atoms with Crippen molar-refractivity contribution < 1.29 is 23.0 Å². The van der Waals surface area contributed by atoms with Gasteiger partial charge in [-0.05, 0) is 25.7 Å². The number of hydrogen-bond donors (Lipinski definition) is 0. The number of methoxy groups -OCH3 is 2. The van der Waals surface area contributed by atoms with Gasteiger partial charge >= 0.3 is 0 Å². The molecule has 6 heteroatoms. The third kappa shape index (κ3) is 2.88. The van der Waals surface area contributed by atoms with Crippen molar-refractivity contribution in [3.63, 3.8) is 0 Å². The number of nitrogens with zero attached hydrogens (tertiary/aromatic N) is 1. The van der Waals surface area contributed by atoms with Gasteiger partial charge in [0.15, 0.2) is 0 Å². The highest BCUT2D eigenvalue weighted by atomic mass is 19.1. The SMILES string of the molecule is COc1cc(F)c(C(=O)N2CCC[C@@]3(CCC[C@H]3OC)C2)c(F)c1. The van der Waals surface area contributed by atoms with Crippen molar-refractivity contribution in [3.05, 3.63) is 29.3 Å². The molecule has 0 bridgehead atoms. The summed E-state index contributed by atoms with van der Waals surface area (Å²) in [5.74, 6) is -2.29. The van der Waals surface area contributed by atoms with Crippen LogP contribution in [0.5, 0.6) is 5.75 Å². The molecule has 1 saturated carbocycles. The first-order valence-electron chi connectivity index (χ1n) is 8.36. The Labute approximate surface area is 140 Å². The van der Waals surface area contributed by atoms with Crippen LogP contribution in [-0.4, -0.2) is 44.2 Å². The summed E-state index contributed by atoms with van der Waals surface area (Å²) in [5.41, 5.74) is -0.581. The van der Waals surface area contributed by atoms with Crippen molar-refractivity contribution in [1.29, 1.82) is 0 Å². The first-order valence-corrected chi connectivity index (χ1v) is 8.36. The fourth-order valence-corrected chi connectivity index (χ4v) is 4.31. The quantitative estimate of drug-likeness (QED) is 0.847. The summed E-state index contributed by atoms with van der Waals surface area (Å²) in [4.78, 5) is 14.3. The molecule has 1 saturated heterocycles. The molecular weight excluding hydrogens is 316 g/mol. The van der Waals surface area contributed by atoms with Crippen LogP contribution in [0.15, 0.2) is 12.1 Å². The topological polar surface area (TPSA) is 38.8 Å². The highest BCUT2D eigenvalue weighted by Crippen LogP contribution is 2.46. The number of hydrogen-bond acceptors (Lipinski definition) is 3. The Balaban J connectivity index is 1.85. The first-order chi connectivity index (χ1) is 11.5. The predicted molar refractivity (Wildman–Crippen MR) is 85.1 cm³/mol. The lowest BCUT2D eigenvalue weighted by Crippen LogP contribution is -2.50. The third-order valence-electron chi connectivity index (χ3n) is 5.47. The van der Waals surface area contributed by atoms with E-state index in [0.29, 0.717) is 13.1 Å². The molecule has 1 aromatic rings. The zero-order valence-electron chi connectivity index (χ0n) is 14.1. The molecule has 0 N–H and O–H groups in total. The molecule has 2 aliphatic rings. The number of halogens is 2. The zero-order chi connectivity index (χ0) is 17.3. The van der Waals surface area contributed by atoms with Crippen LogP contribution in [0.3, 0.4) is 0 Å². The monoisotopic (exact) mass is 339 g/mol. The van der Waals surface area contributed by atoms with E-state index in [-0.39, 0.29) is 17.3 Å². The van der Waals surface area contributed by atoms with Gasteiger partial charge in [0, 0.05) is 37.7 Å². The number of benzene rings is 1. The molecule has 1 spiro atoms. The van der Waals surface area contributed by atoms with E-state index >= 15 is 0 Å². The highest BCUT2D eigenvalue weighted by molar-refractivity contribution is 5.95. The minimum atomic E-state index is -0.883. The summed E-state index contributed by atoms with van der Waals surface area (Å²) >= 11 is 0. The van der Waals surface area contributed by atoms with Crippen molar-refractivity contribution in [3.8, 4) is 5.75 Å². The van der Waals surface area contributed by atoms with Crippen molar-refractivity contribution in [2.24, 2.45) is 5.41 Å². The van der Waals surface area contributed by atoms with E-state index in [2.05, 4.69) is 0 Å². The zero-order valence-corrected chi connectivity index (χ0v) is 14.1. The molecule has 24 heavy (non-hydrogen) atoms. The molecule has 132 valence electrons. The van der Waals surface area contributed by atoms with Gasteiger partial charge in [0.2, 0.25) is 0 Å². The second-order valence-corrected chi connectivity index (χ2v) is 6.78. The van der Waals surface area contributed by atoms with Crippen molar-refractivity contribution >= 4 is 5.91 Å². The van der Waals surface area contributed by atoms with E-state index in [0.717, 1.165) is 44.2 Å². The fraction of sp³-hybridized carbons (Fsp3) is 0.611. The van der Waals surface area contributed by atoms with Gasteiger partial charge in [0.1, 0.15) is 22.9 Å². The lowest BCUT2D eigenvalue weighted by atomic mass is 9.76. The molecule has 4 nitrogen and oxygen atoms in total. The molecule has 3 rings (SSSR count). The van der Waals surface area contributed by atoms with Crippen molar-refractivity contribution in [1.82, 2.24) is 4.90 Å². The van der Waals surface area contributed by atoms with E-state index in [1.807, 2.05) is 0 Å². The first kappa shape index (κ1) is 17.1. The maximum atomic E-state index is 14.2. The van der Waals surface area contributed by atoms with E-state index in [9.17, 15) is 13.6 Å². The fourth-order valence-electron chi connectivity index (χ4n) is 4.31. The summed E-state index contributed by atoms with van der Waals surface area (Å²) in [6, 6.07) is 2.09. The second-order valence-electron chi connectivity index (χ2n) is 6.78. The lowest BCUT2D eigenvalue weighted by molar-refractivity contribution is -0.0297. The van der Waals surface area contributed by atoms with Gasteiger partial charge in [-0.15, -0.1) is 0 Å². The predicted octanol–water partition coefficient (Wildman–Crippen LogP) is 3.39. The van der Waals surface area contributed by atoms with Crippen LogP contribution in [-0.2, 0) is 4.74 Å². The van der Waals surface area contributed by atoms with Gasteiger partial charge in [0.25, 0.3) is 5.91 Å². The molecule has 0 aromatic heterocycles. The van der Waals surface area contributed by atoms with Gasteiger partial charge in [-0.2, -0.15) is 0 Å². The highest BCUT2D eigenvalue weighted by Gasteiger charge is 2.47. The molecule has 1 heterocycles. The molecular formula is C18H23F2NO3. The number of likely N-dealkylation sites (tertiary alicyclic amines) is 1. The number of piperidine rings is 1. The number of carbonyl (C=O) groups is 1. The van der Waals surface area contributed by atoms with Gasteiger partial charge in [0.05, 0.1) is 13.2 Å². The average Bonchev–Trinajstić information content (AvgIpc) is 2.95. The normalized spacial score (nSPS) is 26.8. The van der Waals surface area contributed by atoms with E-state index < -0.39 is 23.1 Å². The van der Waals surface area contributed by atoms with Crippen molar-refractivity contribution in [2.45, 2.75) is 38.2 Å². The van der Waals surface area contributed by atoms with Crippen LogP contribution in [0.25, 0.3) is 0 Å². The van der Waals surface area contributed by atoms with Gasteiger partial charge < -0.3 is 14.4 Å². The van der Waals surface area contributed by atoms with E-state index in [4.69, 9.17) is 9.47 Å².